The van der Waals surface area contributed by atoms with Crippen molar-refractivity contribution in [3.05, 3.63) is 75.8 Å². The molecular formula is C29H30ClFN8S. The van der Waals surface area contributed by atoms with Crippen molar-refractivity contribution in [2.24, 2.45) is 15.4 Å². The standard InChI is InChI=1S/C29H30ClFN8S/c1-37-23-5-3-22(40-21-6-10-33-27(32)26(21)30)28(37)34-11-7-25(36-23)38-12-8-29(9-13-38)14-18-2-4-24(35-20(18)15-29)39-16-19(31)17-39/h2-7,10-11,19H,8-9,12-17H2,1H3,(H2,32,33)/b11-7+,25-7?,34-11?,34-28-,36-23?,36-25+. The Morgan fingerprint density at radius 2 is 1.93 bits per heavy atom. The number of pyridine rings is 2. The summed E-state index contributed by atoms with van der Waals surface area (Å²) in [7, 11) is 1.98. The van der Waals surface area contributed by atoms with Crippen LogP contribution < -0.4 is 10.6 Å². The highest BCUT2D eigenvalue weighted by Gasteiger charge is 2.41. The minimum Gasteiger partial charge on any atom is -0.382 e. The van der Waals surface area contributed by atoms with E-state index in [9.17, 15) is 4.39 Å². The van der Waals surface area contributed by atoms with Gasteiger partial charge in [-0.3, -0.25) is 0 Å². The molecule has 0 aromatic carbocycles. The van der Waals surface area contributed by atoms with Crippen LogP contribution in [0.4, 0.5) is 16.0 Å². The van der Waals surface area contributed by atoms with Gasteiger partial charge in [-0.25, -0.2) is 24.3 Å². The molecule has 1 spiro atoms. The summed E-state index contributed by atoms with van der Waals surface area (Å²) in [5.74, 6) is 3.82. The van der Waals surface area contributed by atoms with Crippen LogP contribution in [-0.2, 0) is 12.8 Å². The van der Waals surface area contributed by atoms with E-state index in [4.69, 9.17) is 32.3 Å². The van der Waals surface area contributed by atoms with E-state index in [0.717, 1.165) is 71.9 Å². The molecule has 2 N–H and O–H groups in total. The van der Waals surface area contributed by atoms with E-state index in [-0.39, 0.29) is 5.41 Å². The number of nitrogen functional groups attached to an aromatic ring is 1. The number of alkyl halides is 1. The molecule has 2 bridgehead atoms. The normalized spacial score (nSPS) is 25.1. The van der Waals surface area contributed by atoms with E-state index < -0.39 is 6.17 Å². The van der Waals surface area contributed by atoms with Crippen LogP contribution in [0, 0.1) is 5.41 Å². The number of piperidine rings is 1. The number of anilines is 2. The van der Waals surface area contributed by atoms with E-state index in [2.05, 4.69) is 22.0 Å². The van der Waals surface area contributed by atoms with Crippen molar-refractivity contribution < 1.29 is 4.39 Å². The first-order valence-electron chi connectivity index (χ1n) is 13.6. The number of amidine groups is 2. The van der Waals surface area contributed by atoms with Gasteiger partial charge in [0.2, 0.25) is 0 Å². The van der Waals surface area contributed by atoms with E-state index >= 15 is 0 Å². The molecule has 0 atom stereocenters. The topological polar surface area (TPSA) is 86.2 Å². The maximum absolute atomic E-state index is 13.3. The molecule has 2 aromatic rings. The lowest BCUT2D eigenvalue weighted by atomic mass is 9.76. The molecule has 0 amide bonds. The first-order valence-corrected chi connectivity index (χ1v) is 14.8. The molecule has 11 heteroatoms. The molecule has 2 saturated heterocycles. The lowest BCUT2D eigenvalue weighted by Gasteiger charge is -2.40. The maximum atomic E-state index is 13.3. The van der Waals surface area contributed by atoms with Crippen molar-refractivity contribution >= 4 is 46.7 Å². The summed E-state index contributed by atoms with van der Waals surface area (Å²) in [6.07, 6.45) is 13.1. The molecule has 1 aliphatic carbocycles. The quantitative estimate of drug-likeness (QED) is 0.559. The number of likely N-dealkylation sites (tertiary alicyclic amines) is 1. The van der Waals surface area contributed by atoms with Crippen molar-refractivity contribution in [2.75, 3.05) is 43.9 Å². The van der Waals surface area contributed by atoms with Gasteiger partial charge in [-0.05, 0) is 67.0 Å². The summed E-state index contributed by atoms with van der Waals surface area (Å²) in [6.45, 7) is 2.80. The third kappa shape index (κ3) is 4.56. The fourth-order valence-corrected chi connectivity index (χ4v) is 7.31. The number of rotatable bonds is 3. The number of hydrogen-bond acceptors (Lipinski definition) is 9. The first kappa shape index (κ1) is 25.6. The van der Waals surface area contributed by atoms with Gasteiger partial charge in [0.25, 0.3) is 0 Å². The Hall–Kier alpha value is -3.37. The third-order valence-corrected chi connectivity index (χ3v) is 10.1. The summed E-state index contributed by atoms with van der Waals surface area (Å²) < 4.78 is 13.3. The Morgan fingerprint density at radius 1 is 1.10 bits per heavy atom. The number of nitrogens with two attached hydrogens (primary N) is 1. The summed E-state index contributed by atoms with van der Waals surface area (Å²) >= 11 is 7.90. The Labute approximate surface area is 242 Å². The number of likely N-dealkylation sites (N-methyl/N-ethyl adjacent to an activating group) is 1. The number of aliphatic imine (C=N–C) groups is 2. The summed E-state index contributed by atoms with van der Waals surface area (Å²) in [5, 5.41) is 0.448. The molecular weight excluding hydrogens is 547 g/mol. The van der Waals surface area contributed by atoms with Gasteiger partial charge >= 0.3 is 0 Å². The molecule has 0 unspecified atom stereocenters. The van der Waals surface area contributed by atoms with Gasteiger partial charge in [0.1, 0.15) is 35.3 Å². The number of fused-ring (bicyclic) bond motifs is 3. The number of hydrogen-bond donors (Lipinski definition) is 1. The lowest BCUT2D eigenvalue weighted by Crippen LogP contribution is -2.48. The summed E-state index contributed by atoms with van der Waals surface area (Å²) in [4.78, 5) is 27.0. The molecule has 4 aliphatic heterocycles. The number of nitrogens with zero attached hydrogens (tertiary/aromatic N) is 7. The molecule has 0 saturated carbocycles. The van der Waals surface area contributed by atoms with Crippen LogP contribution in [0.1, 0.15) is 24.1 Å². The fraction of sp³-hybridized carbons (Fsp3) is 0.379. The Morgan fingerprint density at radius 3 is 2.73 bits per heavy atom. The Balaban J connectivity index is 1.05. The zero-order valence-electron chi connectivity index (χ0n) is 22.2. The van der Waals surface area contributed by atoms with Crippen molar-refractivity contribution in [3.63, 3.8) is 0 Å². The monoisotopic (exact) mass is 576 g/mol. The highest BCUT2D eigenvalue weighted by Crippen LogP contribution is 2.45. The molecule has 6 heterocycles. The minimum atomic E-state index is -0.722. The molecule has 8 nitrogen and oxygen atoms in total. The highest BCUT2D eigenvalue weighted by molar-refractivity contribution is 8.04. The van der Waals surface area contributed by atoms with Crippen LogP contribution in [-0.4, -0.2) is 70.8 Å². The van der Waals surface area contributed by atoms with Crippen molar-refractivity contribution in [2.45, 2.75) is 36.8 Å². The SMILES string of the molecule is CN1C2=CC=C(Sc3ccnc(N)c3Cl)/C1=N/C=C/C(N1CCC3(CC1)Cc1ccc(N4CC(F)C4)nc1C3)=N\2. The lowest BCUT2D eigenvalue weighted by molar-refractivity contribution is 0.158. The summed E-state index contributed by atoms with van der Waals surface area (Å²) in [5.41, 5.74) is 8.69. The van der Waals surface area contributed by atoms with Gasteiger partial charge in [0.15, 0.2) is 0 Å². The van der Waals surface area contributed by atoms with Gasteiger partial charge < -0.3 is 20.4 Å². The van der Waals surface area contributed by atoms with E-state index in [1.165, 1.54) is 23.0 Å². The average Bonchev–Trinajstić information content (AvgIpc) is 3.28. The number of thioether (sulfide) groups is 1. The second kappa shape index (κ2) is 9.92. The van der Waals surface area contributed by atoms with E-state index in [1.54, 1.807) is 6.20 Å². The van der Waals surface area contributed by atoms with Gasteiger partial charge in [0.05, 0.1) is 23.0 Å². The second-order valence-corrected chi connectivity index (χ2v) is 12.5. The van der Waals surface area contributed by atoms with Crippen LogP contribution in [0.15, 0.2) is 74.4 Å². The molecule has 2 aromatic heterocycles. The number of aromatic nitrogens is 2. The van der Waals surface area contributed by atoms with Crippen molar-refractivity contribution in [3.8, 4) is 0 Å². The maximum Gasteiger partial charge on any atom is 0.147 e. The zero-order chi connectivity index (χ0) is 27.4. The van der Waals surface area contributed by atoms with Crippen LogP contribution in [0.3, 0.4) is 0 Å². The first-order chi connectivity index (χ1) is 19.4. The predicted molar refractivity (Wildman–Crippen MR) is 159 cm³/mol. The largest absolute Gasteiger partial charge is 0.382 e. The van der Waals surface area contributed by atoms with Crippen LogP contribution in [0.2, 0.25) is 5.02 Å². The molecule has 5 aliphatic rings. The molecule has 2 fully saturated rings. The van der Waals surface area contributed by atoms with Crippen LogP contribution >= 0.6 is 23.4 Å². The van der Waals surface area contributed by atoms with Crippen molar-refractivity contribution in [1.82, 2.24) is 19.8 Å². The molecule has 206 valence electrons. The molecule has 0 radical (unpaired) electrons. The van der Waals surface area contributed by atoms with Gasteiger partial charge in [-0.1, -0.05) is 29.4 Å². The van der Waals surface area contributed by atoms with Crippen LogP contribution in [0.25, 0.3) is 0 Å². The van der Waals surface area contributed by atoms with Gasteiger partial charge in [-0.2, -0.15) is 0 Å². The summed E-state index contributed by atoms with van der Waals surface area (Å²) in [6, 6.07) is 6.13. The third-order valence-electron chi connectivity index (χ3n) is 8.49. The number of allylic oxidation sites excluding steroid dienone is 2. The van der Waals surface area contributed by atoms with Crippen LogP contribution in [0.5, 0.6) is 0 Å². The second-order valence-electron chi connectivity index (χ2n) is 11.1. The van der Waals surface area contributed by atoms with Gasteiger partial charge in [0, 0.05) is 43.1 Å². The Kier molecular flexibility index (Phi) is 6.35. The smallest absolute Gasteiger partial charge is 0.147 e. The molecule has 40 heavy (non-hydrogen) atoms. The molecule has 7 rings (SSSR count). The number of halogens is 2. The van der Waals surface area contributed by atoms with Gasteiger partial charge in [-0.15, -0.1) is 0 Å². The van der Waals surface area contributed by atoms with E-state index in [0.29, 0.717) is 23.9 Å². The average molecular weight is 577 g/mol. The predicted octanol–water partition coefficient (Wildman–Crippen LogP) is 4.84. The van der Waals surface area contributed by atoms with E-state index in [1.807, 2.05) is 47.3 Å². The van der Waals surface area contributed by atoms with Crippen molar-refractivity contribution in [1.29, 1.82) is 0 Å². The Bertz CT molecular complexity index is 1520. The minimum absolute atomic E-state index is 0.243. The fourth-order valence-electron chi connectivity index (χ4n) is 6.10. The zero-order valence-corrected chi connectivity index (χ0v) is 23.8. The highest BCUT2D eigenvalue weighted by atomic mass is 35.5.